The number of ether oxygens (including phenoxy) is 1. The van der Waals surface area contributed by atoms with Gasteiger partial charge in [0.1, 0.15) is 5.75 Å². The van der Waals surface area contributed by atoms with Gasteiger partial charge in [-0.2, -0.15) is 10.2 Å². The first-order valence-electron chi connectivity index (χ1n) is 12.5. The summed E-state index contributed by atoms with van der Waals surface area (Å²) in [6.45, 7) is 7.12. The Balaban J connectivity index is 1.74. The van der Waals surface area contributed by atoms with Crippen LogP contribution in [-0.4, -0.2) is 12.6 Å². The van der Waals surface area contributed by atoms with Crippen molar-refractivity contribution in [3.8, 4) is 5.75 Å². The predicted molar refractivity (Wildman–Crippen MR) is 140 cm³/mol. The summed E-state index contributed by atoms with van der Waals surface area (Å²) in [5.74, 6) is 1.03. The van der Waals surface area contributed by atoms with Crippen molar-refractivity contribution in [2.24, 2.45) is 10.2 Å². The number of nitrogens with one attached hydrogen (secondary N) is 1. The molecular weight excluding hydrogens is 418 g/mol. The van der Waals surface area contributed by atoms with E-state index in [-0.39, 0.29) is 12.0 Å². The van der Waals surface area contributed by atoms with Gasteiger partial charge < -0.3 is 10.1 Å². The lowest BCUT2D eigenvalue weighted by Crippen LogP contribution is -2.23. The second-order valence-corrected chi connectivity index (χ2v) is 8.83. The Bertz CT molecular complexity index is 1120. The molecule has 0 radical (unpaired) electrons. The van der Waals surface area contributed by atoms with Crippen LogP contribution in [0.2, 0.25) is 0 Å². The first kappa shape index (κ1) is 23.7. The van der Waals surface area contributed by atoms with Crippen LogP contribution in [0.15, 0.2) is 94.8 Å². The fourth-order valence-electron chi connectivity index (χ4n) is 4.62. The van der Waals surface area contributed by atoms with Gasteiger partial charge in [-0.25, -0.2) is 0 Å². The first-order chi connectivity index (χ1) is 16.7. The summed E-state index contributed by atoms with van der Waals surface area (Å²) in [6.07, 6.45) is 4.51. The summed E-state index contributed by atoms with van der Waals surface area (Å²) < 4.78 is 5.76. The van der Waals surface area contributed by atoms with Gasteiger partial charge in [0.15, 0.2) is 0 Å². The predicted octanol–water partition coefficient (Wildman–Crippen LogP) is 8.05. The summed E-state index contributed by atoms with van der Waals surface area (Å²) in [4.78, 5) is 0. The molecule has 0 aromatic heterocycles. The minimum absolute atomic E-state index is 0.131. The molecule has 4 heteroatoms. The lowest BCUT2D eigenvalue weighted by atomic mass is 9.91. The molecule has 4 rings (SSSR count). The molecule has 1 aliphatic heterocycles. The summed E-state index contributed by atoms with van der Waals surface area (Å²) in [7, 11) is 0. The van der Waals surface area contributed by atoms with Crippen molar-refractivity contribution >= 4 is 11.4 Å². The van der Waals surface area contributed by atoms with Crippen molar-refractivity contribution in [1.82, 2.24) is 5.32 Å². The van der Waals surface area contributed by atoms with E-state index in [1.807, 2.05) is 25.1 Å². The standard InChI is InChI=1S/C30H35N3O/c1-4-6-9-18-25-21-26(34-5-2)19-20-27(25)32-33-30-28(23-14-10-7-11-15-23)22(3)31-29(30)24-16-12-8-13-17-24/h7-8,10-17,19-22,28,31H,4-6,9,18H2,1-3H3. The Morgan fingerprint density at radius 3 is 2.29 bits per heavy atom. The van der Waals surface area contributed by atoms with Gasteiger partial charge in [0.25, 0.3) is 0 Å². The lowest BCUT2D eigenvalue weighted by molar-refractivity contribution is 0.340. The molecule has 0 bridgehead atoms. The summed E-state index contributed by atoms with van der Waals surface area (Å²) >= 11 is 0. The normalized spacial score (nSPS) is 17.9. The molecule has 3 aromatic rings. The highest BCUT2D eigenvalue weighted by Crippen LogP contribution is 2.40. The van der Waals surface area contributed by atoms with Crippen molar-refractivity contribution in [2.75, 3.05) is 6.61 Å². The van der Waals surface area contributed by atoms with Crippen molar-refractivity contribution in [3.05, 3.63) is 101 Å². The third-order valence-corrected chi connectivity index (χ3v) is 6.32. The van der Waals surface area contributed by atoms with E-state index in [1.54, 1.807) is 0 Å². The van der Waals surface area contributed by atoms with Crippen LogP contribution < -0.4 is 10.1 Å². The maximum absolute atomic E-state index is 5.76. The quantitative estimate of drug-likeness (QED) is 0.249. The van der Waals surface area contributed by atoms with Crippen molar-refractivity contribution in [3.63, 3.8) is 0 Å². The Labute approximate surface area is 203 Å². The maximum Gasteiger partial charge on any atom is 0.119 e. The van der Waals surface area contributed by atoms with Gasteiger partial charge in [0, 0.05) is 6.04 Å². The SMILES string of the molecule is CCCCCc1cc(OCC)ccc1N=NC1=C(c2ccccc2)NC(C)C1c1ccccc1. The molecule has 3 aromatic carbocycles. The molecule has 4 nitrogen and oxygen atoms in total. The van der Waals surface area contributed by atoms with Crippen LogP contribution in [0.25, 0.3) is 5.70 Å². The van der Waals surface area contributed by atoms with E-state index in [2.05, 4.69) is 79.8 Å². The molecule has 1 heterocycles. The van der Waals surface area contributed by atoms with E-state index in [1.165, 1.54) is 24.0 Å². The zero-order valence-electron chi connectivity index (χ0n) is 20.5. The summed E-state index contributed by atoms with van der Waals surface area (Å²) in [6, 6.07) is 27.4. The van der Waals surface area contributed by atoms with Gasteiger partial charge in [0.2, 0.25) is 0 Å². The number of aryl methyl sites for hydroxylation is 1. The molecule has 0 spiro atoms. The van der Waals surface area contributed by atoms with Gasteiger partial charge in [-0.1, -0.05) is 80.4 Å². The van der Waals surface area contributed by atoms with E-state index in [4.69, 9.17) is 15.0 Å². The number of rotatable bonds is 10. The van der Waals surface area contributed by atoms with Crippen LogP contribution in [0.4, 0.5) is 5.69 Å². The smallest absolute Gasteiger partial charge is 0.119 e. The topological polar surface area (TPSA) is 46.0 Å². The molecule has 1 aliphatic rings. The van der Waals surface area contributed by atoms with Crippen LogP contribution >= 0.6 is 0 Å². The minimum Gasteiger partial charge on any atom is -0.494 e. The van der Waals surface area contributed by atoms with Crippen LogP contribution in [0.1, 0.15) is 62.6 Å². The first-order valence-corrected chi connectivity index (χ1v) is 12.5. The molecule has 0 saturated carbocycles. The maximum atomic E-state index is 5.76. The number of nitrogens with zero attached hydrogens (tertiary/aromatic N) is 2. The molecule has 1 N–H and O–H groups in total. The second-order valence-electron chi connectivity index (χ2n) is 8.83. The average Bonchev–Trinajstić information content (AvgIpc) is 3.21. The number of hydrogen-bond acceptors (Lipinski definition) is 4. The zero-order chi connectivity index (χ0) is 23.8. The van der Waals surface area contributed by atoms with Gasteiger partial charge in [0.05, 0.1) is 29.6 Å². The van der Waals surface area contributed by atoms with E-state index in [0.29, 0.717) is 6.61 Å². The number of hydrogen-bond donors (Lipinski definition) is 1. The lowest BCUT2D eigenvalue weighted by Gasteiger charge is -2.17. The monoisotopic (exact) mass is 453 g/mol. The van der Waals surface area contributed by atoms with Crippen molar-refractivity contribution < 1.29 is 4.74 Å². The largest absolute Gasteiger partial charge is 0.494 e. The van der Waals surface area contributed by atoms with Crippen molar-refractivity contribution in [2.45, 2.75) is 58.4 Å². The highest BCUT2D eigenvalue weighted by molar-refractivity contribution is 5.72. The number of unbranched alkanes of at least 4 members (excludes halogenated alkanes) is 2. The van der Waals surface area contributed by atoms with Crippen LogP contribution in [0.3, 0.4) is 0 Å². The molecule has 2 unspecified atom stereocenters. The molecule has 34 heavy (non-hydrogen) atoms. The average molecular weight is 454 g/mol. The second kappa shape index (κ2) is 11.6. The third-order valence-electron chi connectivity index (χ3n) is 6.32. The number of benzene rings is 3. The molecule has 0 aliphatic carbocycles. The molecule has 0 fully saturated rings. The highest BCUT2D eigenvalue weighted by atomic mass is 16.5. The van der Waals surface area contributed by atoms with Gasteiger partial charge >= 0.3 is 0 Å². The van der Waals surface area contributed by atoms with E-state index < -0.39 is 0 Å². The van der Waals surface area contributed by atoms with E-state index in [9.17, 15) is 0 Å². The van der Waals surface area contributed by atoms with Crippen molar-refractivity contribution in [1.29, 1.82) is 0 Å². The highest BCUT2D eigenvalue weighted by Gasteiger charge is 2.34. The van der Waals surface area contributed by atoms with Gasteiger partial charge in [-0.05, 0) is 61.6 Å². The summed E-state index contributed by atoms with van der Waals surface area (Å²) in [5, 5.41) is 13.4. The van der Waals surface area contributed by atoms with E-state index >= 15 is 0 Å². The molecule has 176 valence electrons. The Morgan fingerprint density at radius 2 is 1.59 bits per heavy atom. The molecular formula is C30H35N3O. The van der Waals surface area contributed by atoms with Crippen LogP contribution in [0.5, 0.6) is 5.75 Å². The van der Waals surface area contributed by atoms with Crippen LogP contribution in [-0.2, 0) is 6.42 Å². The fraction of sp³-hybridized carbons (Fsp3) is 0.333. The Hall–Kier alpha value is -3.40. The van der Waals surface area contributed by atoms with E-state index in [0.717, 1.165) is 41.2 Å². The fourth-order valence-corrected chi connectivity index (χ4v) is 4.62. The Morgan fingerprint density at radius 1 is 0.853 bits per heavy atom. The van der Waals surface area contributed by atoms with Gasteiger partial charge in [-0.15, -0.1) is 0 Å². The minimum atomic E-state index is 0.131. The molecule has 0 saturated heterocycles. The number of azo groups is 1. The van der Waals surface area contributed by atoms with Gasteiger partial charge in [-0.3, -0.25) is 0 Å². The third kappa shape index (κ3) is 5.56. The molecule has 2 atom stereocenters. The van der Waals surface area contributed by atoms with Crippen LogP contribution in [0, 0.1) is 0 Å². The zero-order valence-corrected chi connectivity index (χ0v) is 20.5. The molecule has 0 amide bonds. The summed E-state index contributed by atoms with van der Waals surface area (Å²) in [5.41, 5.74) is 6.54. The Kier molecular flexibility index (Phi) is 8.13.